The number of thiazole rings is 1. The molecule has 2 N–H and O–H groups in total. The Bertz CT molecular complexity index is 574. The van der Waals surface area contributed by atoms with E-state index in [9.17, 15) is 4.79 Å². The molecule has 2 aromatic rings. The van der Waals surface area contributed by atoms with E-state index in [2.05, 4.69) is 15.3 Å². The number of nitrogens with zero attached hydrogens (tertiary/aromatic N) is 2. The molecule has 0 bridgehead atoms. The molecular weight excluding hydrogens is 286 g/mol. The van der Waals surface area contributed by atoms with Gasteiger partial charge in [0.05, 0.1) is 6.04 Å². The molecule has 19 heavy (non-hydrogen) atoms. The van der Waals surface area contributed by atoms with Crippen molar-refractivity contribution in [1.29, 1.82) is 0 Å². The van der Waals surface area contributed by atoms with Crippen molar-refractivity contribution in [3.8, 4) is 0 Å². The van der Waals surface area contributed by atoms with Crippen LogP contribution in [-0.4, -0.2) is 21.0 Å². The van der Waals surface area contributed by atoms with E-state index in [1.807, 2.05) is 12.3 Å². The smallest absolute Gasteiger partial charge is 0.339 e. The van der Waals surface area contributed by atoms with E-state index in [1.165, 1.54) is 23.5 Å². The third-order valence-electron chi connectivity index (χ3n) is 2.56. The fraction of sp³-hybridized carbons (Fsp3) is 0.250. The molecule has 2 heterocycles. The molecule has 2 aromatic heterocycles. The summed E-state index contributed by atoms with van der Waals surface area (Å²) >= 11 is 7.33. The number of anilines is 1. The highest BCUT2D eigenvalue weighted by Gasteiger charge is 2.17. The molecule has 0 aliphatic rings. The molecule has 2 rings (SSSR count). The number of carbonyl (C=O) groups is 1. The largest absolute Gasteiger partial charge is 0.478 e. The molecule has 5 nitrogen and oxygen atoms in total. The van der Waals surface area contributed by atoms with Gasteiger partial charge >= 0.3 is 5.97 Å². The lowest BCUT2D eigenvalue weighted by atomic mass is 10.2. The van der Waals surface area contributed by atoms with Crippen molar-refractivity contribution in [2.45, 2.75) is 19.4 Å². The molecule has 7 heteroatoms. The minimum absolute atomic E-state index is 0.0796. The maximum Gasteiger partial charge on any atom is 0.339 e. The molecule has 0 spiro atoms. The first kappa shape index (κ1) is 13.8. The zero-order valence-electron chi connectivity index (χ0n) is 10.1. The topological polar surface area (TPSA) is 75.1 Å². The Morgan fingerprint density at radius 3 is 2.95 bits per heavy atom. The summed E-state index contributed by atoms with van der Waals surface area (Å²) in [4.78, 5) is 19.4. The van der Waals surface area contributed by atoms with Crippen LogP contribution in [0.1, 0.15) is 34.8 Å². The second-order valence-corrected chi connectivity index (χ2v) is 5.12. The van der Waals surface area contributed by atoms with Gasteiger partial charge in [-0.2, -0.15) is 0 Å². The number of rotatable bonds is 5. The van der Waals surface area contributed by atoms with Gasteiger partial charge in [0.25, 0.3) is 0 Å². The summed E-state index contributed by atoms with van der Waals surface area (Å²) in [5.74, 6) is -0.775. The van der Waals surface area contributed by atoms with E-state index in [1.54, 1.807) is 6.20 Å². The average molecular weight is 298 g/mol. The number of hydrogen-bond donors (Lipinski definition) is 2. The third kappa shape index (κ3) is 3.21. The van der Waals surface area contributed by atoms with E-state index >= 15 is 0 Å². The number of hydrogen-bond acceptors (Lipinski definition) is 5. The lowest BCUT2D eigenvalue weighted by Gasteiger charge is -2.16. The van der Waals surface area contributed by atoms with Crippen molar-refractivity contribution in [3.05, 3.63) is 39.4 Å². The summed E-state index contributed by atoms with van der Waals surface area (Å²) in [7, 11) is 0. The monoisotopic (exact) mass is 297 g/mol. The zero-order valence-corrected chi connectivity index (χ0v) is 11.7. The number of aromatic nitrogens is 2. The van der Waals surface area contributed by atoms with Crippen LogP contribution in [0.2, 0.25) is 5.15 Å². The fourth-order valence-electron chi connectivity index (χ4n) is 1.63. The predicted molar refractivity (Wildman–Crippen MR) is 75.0 cm³/mol. The van der Waals surface area contributed by atoms with Crippen LogP contribution in [0.3, 0.4) is 0 Å². The summed E-state index contributed by atoms with van der Waals surface area (Å²) < 4.78 is 0. The molecule has 0 saturated carbocycles. The molecule has 0 aromatic carbocycles. The van der Waals surface area contributed by atoms with Crippen molar-refractivity contribution in [2.75, 3.05) is 5.32 Å². The molecule has 100 valence electrons. The van der Waals surface area contributed by atoms with E-state index in [-0.39, 0.29) is 22.6 Å². The third-order valence-corrected chi connectivity index (χ3v) is 3.66. The van der Waals surface area contributed by atoms with Crippen LogP contribution in [0, 0.1) is 0 Å². The Morgan fingerprint density at radius 2 is 2.37 bits per heavy atom. The Morgan fingerprint density at radius 1 is 1.58 bits per heavy atom. The van der Waals surface area contributed by atoms with Crippen molar-refractivity contribution in [3.63, 3.8) is 0 Å². The predicted octanol–water partition coefficient (Wildman–Crippen LogP) is 3.45. The van der Waals surface area contributed by atoms with Gasteiger partial charge < -0.3 is 10.4 Å². The number of pyridine rings is 1. The quantitative estimate of drug-likeness (QED) is 0.827. The van der Waals surface area contributed by atoms with Gasteiger partial charge in [0, 0.05) is 11.6 Å². The SMILES string of the molecule is CCC(Nc1nc(Cl)ccc1C(=O)O)c1nccs1. The Balaban J connectivity index is 2.31. The number of nitrogens with one attached hydrogen (secondary N) is 1. The van der Waals surface area contributed by atoms with Gasteiger partial charge in [-0.05, 0) is 18.6 Å². The molecule has 0 saturated heterocycles. The normalized spacial score (nSPS) is 12.1. The van der Waals surface area contributed by atoms with Crippen LogP contribution < -0.4 is 5.32 Å². The average Bonchev–Trinajstić information content (AvgIpc) is 2.89. The van der Waals surface area contributed by atoms with Crippen molar-refractivity contribution in [2.24, 2.45) is 0 Å². The number of carboxylic acids is 1. The van der Waals surface area contributed by atoms with E-state index < -0.39 is 5.97 Å². The minimum Gasteiger partial charge on any atom is -0.478 e. The minimum atomic E-state index is -1.04. The van der Waals surface area contributed by atoms with Crippen molar-refractivity contribution < 1.29 is 9.90 Å². The number of aromatic carboxylic acids is 1. The van der Waals surface area contributed by atoms with Gasteiger partial charge in [-0.3, -0.25) is 0 Å². The molecule has 0 aliphatic heterocycles. The van der Waals surface area contributed by atoms with E-state index in [0.717, 1.165) is 11.4 Å². The molecule has 0 amide bonds. The van der Waals surface area contributed by atoms with Gasteiger partial charge in [-0.15, -0.1) is 11.3 Å². The first-order chi connectivity index (χ1) is 9.11. The number of carboxylic acid groups (broad SMARTS) is 1. The van der Waals surface area contributed by atoms with Crippen LogP contribution in [0.25, 0.3) is 0 Å². The maximum absolute atomic E-state index is 11.2. The van der Waals surface area contributed by atoms with Gasteiger partial charge in [0.1, 0.15) is 21.5 Å². The zero-order chi connectivity index (χ0) is 13.8. The highest BCUT2D eigenvalue weighted by molar-refractivity contribution is 7.09. The van der Waals surface area contributed by atoms with Crippen LogP contribution in [0.15, 0.2) is 23.7 Å². The highest BCUT2D eigenvalue weighted by atomic mass is 35.5. The van der Waals surface area contributed by atoms with Crippen LogP contribution in [-0.2, 0) is 0 Å². The summed E-state index contributed by atoms with van der Waals surface area (Å²) in [6, 6.07) is 2.82. The van der Waals surface area contributed by atoms with Gasteiger partial charge in [-0.25, -0.2) is 14.8 Å². The molecular formula is C12H12ClN3O2S. The molecule has 0 radical (unpaired) electrons. The van der Waals surface area contributed by atoms with Gasteiger partial charge in [0.15, 0.2) is 0 Å². The summed E-state index contributed by atoms with van der Waals surface area (Å²) in [6.45, 7) is 1.99. The summed E-state index contributed by atoms with van der Waals surface area (Å²) in [5.41, 5.74) is 0.0967. The summed E-state index contributed by atoms with van der Waals surface area (Å²) in [6.07, 6.45) is 2.48. The Kier molecular flexibility index (Phi) is 4.34. The highest BCUT2D eigenvalue weighted by Crippen LogP contribution is 2.26. The van der Waals surface area contributed by atoms with Crippen molar-refractivity contribution in [1.82, 2.24) is 9.97 Å². The van der Waals surface area contributed by atoms with Gasteiger partial charge in [0.2, 0.25) is 0 Å². The second kappa shape index (κ2) is 5.99. The molecule has 0 fully saturated rings. The van der Waals surface area contributed by atoms with Crippen LogP contribution >= 0.6 is 22.9 Å². The first-order valence-electron chi connectivity index (χ1n) is 5.67. The van der Waals surface area contributed by atoms with E-state index in [0.29, 0.717) is 0 Å². The van der Waals surface area contributed by atoms with E-state index in [4.69, 9.17) is 16.7 Å². The van der Waals surface area contributed by atoms with Crippen LogP contribution in [0.4, 0.5) is 5.82 Å². The maximum atomic E-state index is 11.2. The molecule has 0 aliphatic carbocycles. The summed E-state index contributed by atoms with van der Waals surface area (Å²) in [5, 5.41) is 15.2. The Hall–Kier alpha value is -1.66. The Labute approximate surface area is 119 Å². The molecule has 1 unspecified atom stereocenters. The standard InChI is InChI=1S/C12H12ClN3O2S/c1-2-8(11-14-5-6-19-11)15-10-7(12(17)18)3-4-9(13)16-10/h3-6,8H,2H2,1H3,(H,15,16)(H,17,18). The first-order valence-corrected chi connectivity index (χ1v) is 6.93. The molecule has 1 atom stereocenters. The van der Waals surface area contributed by atoms with Crippen molar-refractivity contribution >= 4 is 34.7 Å². The lowest BCUT2D eigenvalue weighted by Crippen LogP contribution is -2.14. The van der Waals surface area contributed by atoms with Gasteiger partial charge in [-0.1, -0.05) is 18.5 Å². The fourth-order valence-corrected chi connectivity index (χ4v) is 2.55. The lowest BCUT2D eigenvalue weighted by molar-refractivity contribution is 0.0697. The van der Waals surface area contributed by atoms with Crippen LogP contribution in [0.5, 0.6) is 0 Å². The second-order valence-electron chi connectivity index (χ2n) is 3.81. The number of halogens is 1.